The fourth-order valence-corrected chi connectivity index (χ4v) is 4.05. The van der Waals surface area contributed by atoms with Gasteiger partial charge in [0.1, 0.15) is 11.4 Å². The molecule has 0 bridgehead atoms. The van der Waals surface area contributed by atoms with Crippen LogP contribution in [0.2, 0.25) is 0 Å². The maximum Gasteiger partial charge on any atom is 0.273 e. The average molecular weight is 420 g/mol. The molecule has 3 aromatic rings. The third kappa shape index (κ3) is 4.21. The molecule has 0 aliphatic carbocycles. The molecule has 0 radical (unpaired) electrons. The molecule has 0 saturated heterocycles. The number of hydrogen-bond donors (Lipinski definition) is 1. The third-order valence-electron chi connectivity index (χ3n) is 5.60. The van der Waals surface area contributed by atoms with Crippen molar-refractivity contribution in [2.45, 2.75) is 32.7 Å². The van der Waals surface area contributed by atoms with Gasteiger partial charge in [0, 0.05) is 31.4 Å². The first-order chi connectivity index (χ1) is 15.1. The Morgan fingerprint density at radius 3 is 2.48 bits per heavy atom. The van der Waals surface area contributed by atoms with E-state index in [1.165, 1.54) is 5.56 Å². The highest BCUT2D eigenvalue weighted by Crippen LogP contribution is 2.43. The van der Waals surface area contributed by atoms with Crippen LogP contribution >= 0.6 is 0 Å². The summed E-state index contributed by atoms with van der Waals surface area (Å²) in [5.74, 6) is 0.820. The Labute approximate surface area is 183 Å². The second-order valence-electron chi connectivity index (χ2n) is 7.89. The number of H-pyrrole nitrogens is 1. The second kappa shape index (κ2) is 9.35. The van der Waals surface area contributed by atoms with Gasteiger partial charge in [-0.15, -0.1) is 0 Å². The maximum atomic E-state index is 13.3. The Kier molecular flexibility index (Phi) is 6.37. The van der Waals surface area contributed by atoms with Gasteiger partial charge >= 0.3 is 0 Å². The van der Waals surface area contributed by atoms with Crippen molar-refractivity contribution in [2.75, 3.05) is 26.9 Å². The Hall–Kier alpha value is -3.12. The van der Waals surface area contributed by atoms with E-state index in [1.807, 2.05) is 29.2 Å². The summed E-state index contributed by atoms with van der Waals surface area (Å²) in [6.07, 6.45) is 1.73. The first-order valence-electron chi connectivity index (χ1n) is 10.8. The summed E-state index contributed by atoms with van der Waals surface area (Å²) < 4.78 is 11.0. The fourth-order valence-electron chi connectivity index (χ4n) is 4.05. The number of rotatable bonds is 9. The van der Waals surface area contributed by atoms with E-state index in [9.17, 15) is 4.79 Å². The molecule has 1 aromatic heterocycles. The average Bonchev–Trinajstić information content (AvgIpc) is 3.33. The van der Waals surface area contributed by atoms with Crippen LogP contribution in [0.5, 0.6) is 5.75 Å². The van der Waals surface area contributed by atoms with Gasteiger partial charge in [-0.2, -0.15) is 5.10 Å². The Balaban J connectivity index is 1.74. The summed E-state index contributed by atoms with van der Waals surface area (Å²) in [5, 5.41) is 7.54. The highest BCUT2D eigenvalue weighted by atomic mass is 16.5. The van der Waals surface area contributed by atoms with Crippen molar-refractivity contribution in [2.24, 2.45) is 0 Å². The molecule has 6 heteroatoms. The number of aromatic amines is 1. The summed E-state index contributed by atoms with van der Waals surface area (Å²) in [5.41, 5.74) is 5.57. The molecule has 31 heavy (non-hydrogen) atoms. The summed E-state index contributed by atoms with van der Waals surface area (Å²) in [4.78, 5) is 15.2. The standard InChI is InChI=1S/C25H29N3O3/c1-4-15-31-20-12-10-19(11-13-20)24-21-22(18-8-6-17(2)7-9-18)26-27-23(21)25(29)28(24)14-5-16-30-3/h6-13,24H,4-5,14-16H2,1-3H3,(H,26,27). The van der Waals surface area contributed by atoms with Crippen LogP contribution in [-0.2, 0) is 4.74 Å². The molecule has 1 amide bonds. The molecule has 2 aromatic carbocycles. The van der Waals surface area contributed by atoms with Crippen LogP contribution in [-0.4, -0.2) is 47.9 Å². The van der Waals surface area contributed by atoms with Gasteiger partial charge in [-0.3, -0.25) is 9.89 Å². The molecular formula is C25H29N3O3. The third-order valence-corrected chi connectivity index (χ3v) is 5.60. The number of nitrogens with one attached hydrogen (secondary N) is 1. The van der Waals surface area contributed by atoms with Gasteiger partial charge < -0.3 is 14.4 Å². The number of aromatic nitrogens is 2. The number of hydrogen-bond acceptors (Lipinski definition) is 4. The van der Waals surface area contributed by atoms with Crippen molar-refractivity contribution >= 4 is 5.91 Å². The lowest BCUT2D eigenvalue weighted by Crippen LogP contribution is -2.31. The van der Waals surface area contributed by atoms with Crippen LogP contribution in [0.25, 0.3) is 11.3 Å². The van der Waals surface area contributed by atoms with Crippen molar-refractivity contribution in [3.63, 3.8) is 0 Å². The van der Waals surface area contributed by atoms with Gasteiger partial charge in [0.15, 0.2) is 0 Å². The van der Waals surface area contributed by atoms with Crippen molar-refractivity contribution in [3.05, 3.63) is 70.9 Å². The molecule has 2 heterocycles. The van der Waals surface area contributed by atoms with E-state index in [0.717, 1.165) is 41.0 Å². The van der Waals surface area contributed by atoms with Crippen LogP contribution in [0.3, 0.4) is 0 Å². The van der Waals surface area contributed by atoms with E-state index in [2.05, 4.69) is 48.3 Å². The smallest absolute Gasteiger partial charge is 0.273 e. The molecule has 1 aliphatic heterocycles. The number of carbonyl (C=O) groups is 1. The highest BCUT2D eigenvalue weighted by Gasteiger charge is 2.41. The molecule has 6 nitrogen and oxygen atoms in total. The molecule has 162 valence electrons. The monoisotopic (exact) mass is 419 g/mol. The second-order valence-corrected chi connectivity index (χ2v) is 7.89. The first-order valence-corrected chi connectivity index (χ1v) is 10.8. The fraction of sp³-hybridized carbons (Fsp3) is 0.360. The molecule has 0 saturated carbocycles. The lowest BCUT2D eigenvalue weighted by Gasteiger charge is -2.26. The Morgan fingerprint density at radius 2 is 1.81 bits per heavy atom. The van der Waals surface area contributed by atoms with E-state index >= 15 is 0 Å². The molecule has 0 fully saturated rings. The lowest BCUT2D eigenvalue weighted by molar-refractivity contribution is 0.0723. The number of amides is 1. The summed E-state index contributed by atoms with van der Waals surface area (Å²) >= 11 is 0. The minimum atomic E-state index is -0.199. The number of carbonyl (C=O) groups excluding carboxylic acids is 1. The zero-order valence-electron chi connectivity index (χ0n) is 18.4. The molecule has 1 N–H and O–H groups in total. The van der Waals surface area contributed by atoms with Gasteiger partial charge in [-0.25, -0.2) is 0 Å². The Bertz CT molecular complexity index is 1030. The molecule has 1 aliphatic rings. The maximum absolute atomic E-state index is 13.3. The topological polar surface area (TPSA) is 67.5 Å². The van der Waals surface area contributed by atoms with Crippen LogP contribution in [0.15, 0.2) is 48.5 Å². The molecule has 1 atom stereocenters. The first kappa shape index (κ1) is 21.1. The number of benzene rings is 2. The van der Waals surface area contributed by atoms with Crippen LogP contribution in [0, 0.1) is 6.92 Å². The van der Waals surface area contributed by atoms with Gasteiger partial charge in [0.05, 0.1) is 18.3 Å². The normalized spacial score (nSPS) is 15.4. The van der Waals surface area contributed by atoms with Crippen molar-refractivity contribution in [3.8, 4) is 17.0 Å². The van der Waals surface area contributed by atoms with Gasteiger partial charge in [-0.05, 0) is 37.5 Å². The number of nitrogens with zero attached hydrogens (tertiary/aromatic N) is 2. The van der Waals surface area contributed by atoms with Gasteiger partial charge in [0.2, 0.25) is 0 Å². The summed E-state index contributed by atoms with van der Waals surface area (Å²) in [6.45, 7) is 6.06. The summed E-state index contributed by atoms with van der Waals surface area (Å²) in [6, 6.07) is 16.1. The SMILES string of the molecule is CCCOc1ccc(C2c3c(-c4ccc(C)cc4)n[nH]c3C(=O)N2CCCOC)cc1. The minimum absolute atomic E-state index is 0.0201. The predicted molar refractivity (Wildman–Crippen MR) is 120 cm³/mol. The quantitative estimate of drug-likeness (QED) is 0.508. The minimum Gasteiger partial charge on any atom is -0.494 e. The largest absolute Gasteiger partial charge is 0.494 e. The van der Waals surface area contributed by atoms with E-state index in [-0.39, 0.29) is 11.9 Å². The van der Waals surface area contributed by atoms with Crippen molar-refractivity contribution in [1.29, 1.82) is 0 Å². The molecular weight excluding hydrogens is 390 g/mol. The number of aryl methyl sites for hydroxylation is 1. The van der Waals surface area contributed by atoms with Crippen LogP contribution in [0.1, 0.15) is 53.0 Å². The zero-order chi connectivity index (χ0) is 21.8. The van der Waals surface area contributed by atoms with Gasteiger partial charge in [0.25, 0.3) is 5.91 Å². The van der Waals surface area contributed by atoms with E-state index < -0.39 is 0 Å². The molecule has 1 unspecified atom stereocenters. The number of methoxy groups -OCH3 is 1. The van der Waals surface area contributed by atoms with E-state index in [0.29, 0.717) is 25.5 Å². The zero-order valence-corrected chi connectivity index (χ0v) is 18.4. The molecule has 0 spiro atoms. The van der Waals surface area contributed by atoms with E-state index in [4.69, 9.17) is 9.47 Å². The van der Waals surface area contributed by atoms with Crippen molar-refractivity contribution in [1.82, 2.24) is 15.1 Å². The number of ether oxygens (including phenoxy) is 2. The highest BCUT2D eigenvalue weighted by molar-refractivity contribution is 6.00. The van der Waals surface area contributed by atoms with Crippen molar-refractivity contribution < 1.29 is 14.3 Å². The summed E-state index contributed by atoms with van der Waals surface area (Å²) in [7, 11) is 1.68. The number of fused-ring (bicyclic) bond motifs is 1. The predicted octanol–water partition coefficient (Wildman–Crippen LogP) is 4.76. The Morgan fingerprint density at radius 1 is 1.06 bits per heavy atom. The van der Waals surface area contributed by atoms with E-state index in [1.54, 1.807) is 7.11 Å². The van der Waals surface area contributed by atoms with Gasteiger partial charge in [-0.1, -0.05) is 48.9 Å². The van der Waals surface area contributed by atoms with Crippen LogP contribution < -0.4 is 4.74 Å². The lowest BCUT2D eigenvalue weighted by atomic mass is 9.95. The van der Waals surface area contributed by atoms with Crippen LogP contribution in [0.4, 0.5) is 0 Å². The molecule has 4 rings (SSSR count).